The van der Waals surface area contributed by atoms with Crippen molar-refractivity contribution >= 4 is 29.2 Å². The third-order valence-electron chi connectivity index (χ3n) is 5.44. The Bertz CT molecular complexity index is 999. The molecule has 2 heterocycles. The zero-order chi connectivity index (χ0) is 20.8. The van der Waals surface area contributed by atoms with Gasteiger partial charge in [0, 0.05) is 29.2 Å². The van der Waals surface area contributed by atoms with E-state index >= 15 is 0 Å². The Kier molecular flexibility index (Phi) is 5.02. The molecule has 0 unspecified atom stereocenters. The van der Waals surface area contributed by atoms with E-state index in [-0.39, 0.29) is 17.1 Å². The molecule has 2 aliphatic rings. The molecule has 152 valence electrons. The molecule has 3 N–H and O–H groups in total. The van der Waals surface area contributed by atoms with E-state index in [0.29, 0.717) is 23.2 Å². The van der Waals surface area contributed by atoms with E-state index in [1.807, 2.05) is 24.3 Å². The molecule has 6 nitrogen and oxygen atoms in total. The zero-order valence-electron chi connectivity index (χ0n) is 17.2. The lowest BCUT2D eigenvalue weighted by Gasteiger charge is -2.39. The van der Waals surface area contributed by atoms with Crippen LogP contribution in [0.3, 0.4) is 0 Å². The number of ketones is 1. The molecule has 0 saturated carbocycles. The Hall–Kier alpha value is -2.54. The molecular weight excluding hydrogens is 384 g/mol. The van der Waals surface area contributed by atoms with Gasteiger partial charge in [-0.2, -0.15) is 0 Å². The predicted molar refractivity (Wildman–Crippen MR) is 116 cm³/mol. The number of hydrogen-bond donors (Lipinski definition) is 2. The van der Waals surface area contributed by atoms with Crippen molar-refractivity contribution in [2.45, 2.75) is 44.7 Å². The van der Waals surface area contributed by atoms with Crippen molar-refractivity contribution in [2.24, 2.45) is 5.41 Å². The van der Waals surface area contributed by atoms with Crippen molar-refractivity contribution in [3.63, 3.8) is 0 Å². The van der Waals surface area contributed by atoms with Crippen molar-refractivity contribution in [2.75, 3.05) is 23.9 Å². The Labute approximate surface area is 175 Å². The van der Waals surface area contributed by atoms with Crippen LogP contribution in [0.5, 0.6) is 5.75 Å². The maximum absolute atomic E-state index is 13.2. The average Bonchev–Trinajstić information content (AvgIpc) is 2.65. The molecule has 0 radical (unpaired) electrons. The normalized spacial score (nSPS) is 20.0. The number of thioether (sulfide) groups is 1. The molecule has 0 bridgehead atoms. The summed E-state index contributed by atoms with van der Waals surface area (Å²) < 4.78 is 5.30. The van der Waals surface area contributed by atoms with Gasteiger partial charge in [-0.15, -0.1) is 0 Å². The molecule has 7 heteroatoms. The van der Waals surface area contributed by atoms with Gasteiger partial charge >= 0.3 is 0 Å². The molecule has 1 aliphatic carbocycles. The molecule has 1 atom stereocenters. The van der Waals surface area contributed by atoms with Gasteiger partial charge in [0.25, 0.3) is 0 Å². The minimum Gasteiger partial charge on any atom is -0.497 e. The fourth-order valence-corrected chi connectivity index (χ4v) is 4.81. The Morgan fingerprint density at radius 3 is 2.62 bits per heavy atom. The number of ether oxygens (including phenoxy) is 1. The number of hydrogen-bond acceptors (Lipinski definition) is 7. The van der Waals surface area contributed by atoms with Crippen LogP contribution in [0.4, 0.5) is 11.6 Å². The number of aromatic nitrogens is 2. The second kappa shape index (κ2) is 7.37. The van der Waals surface area contributed by atoms with Crippen molar-refractivity contribution in [3.8, 4) is 5.75 Å². The molecule has 0 saturated heterocycles. The summed E-state index contributed by atoms with van der Waals surface area (Å²) in [5, 5.41) is 4.08. The second-order valence-electron chi connectivity index (χ2n) is 8.25. The maximum Gasteiger partial charge on any atom is 0.191 e. The second-order valence-corrected chi connectivity index (χ2v) is 9.48. The van der Waals surface area contributed by atoms with Crippen LogP contribution in [0.2, 0.25) is 0 Å². The molecule has 1 aliphatic heterocycles. The number of allylic oxidation sites excluding steroid dienone is 2. The fraction of sp³-hybridized carbons (Fsp3) is 0.409. The average molecular weight is 411 g/mol. The van der Waals surface area contributed by atoms with Crippen LogP contribution in [0.15, 0.2) is 40.7 Å². The van der Waals surface area contributed by atoms with Gasteiger partial charge in [0.2, 0.25) is 0 Å². The number of nitrogen functional groups attached to an aromatic ring is 1. The number of nitrogens with zero attached hydrogens (tertiary/aromatic N) is 2. The number of fused-ring (bicyclic) bond motifs is 1. The number of anilines is 2. The number of benzene rings is 1. The van der Waals surface area contributed by atoms with E-state index in [9.17, 15) is 4.79 Å². The third-order valence-corrected chi connectivity index (χ3v) is 6.17. The van der Waals surface area contributed by atoms with Crippen LogP contribution in [-0.2, 0) is 4.79 Å². The molecule has 4 rings (SSSR count). The lowest BCUT2D eigenvalue weighted by molar-refractivity contribution is -0.118. The highest BCUT2D eigenvalue weighted by Crippen LogP contribution is 2.50. The van der Waals surface area contributed by atoms with E-state index in [1.54, 1.807) is 18.9 Å². The van der Waals surface area contributed by atoms with Gasteiger partial charge in [-0.25, -0.2) is 9.97 Å². The first-order valence-corrected chi connectivity index (χ1v) is 10.8. The van der Waals surface area contributed by atoms with E-state index in [1.165, 1.54) is 0 Å². The maximum atomic E-state index is 13.2. The first kappa shape index (κ1) is 19.8. The number of methoxy groups -OCH3 is 1. The number of Topliss-reactive ketones (excluding diaryl/α,β-unsaturated/α-hetero) is 1. The van der Waals surface area contributed by atoms with Crippen LogP contribution < -0.4 is 15.8 Å². The van der Waals surface area contributed by atoms with Crippen molar-refractivity contribution in [3.05, 3.63) is 46.7 Å². The summed E-state index contributed by atoms with van der Waals surface area (Å²) in [5.74, 6) is 2.63. The number of carbonyl (C=O) groups is 1. The smallest absolute Gasteiger partial charge is 0.191 e. The Morgan fingerprint density at radius 1 is 1.24 bits per heavy atom. The van der Waals surface area contributed by atoms with Crippen LogP contribution in [0.1, 0.15) is 50.7 Å². The highest BCUT2D eigenvalue weighted by Gasteiger charge is 2.42. The summed E-state index contributed by atoms with van der Waals surface area (Å²) in [4.78, 5) is 22.5. The van der Waals surface area contributed by atoms with Crippen molar-refractivity contribution < 1.29 is 9.53 Å². The molecular formula is C22H26N4O2S. The quantitative estimate of drug-likeness (QED) is 0.571. The first-order chi connectivity index (χ1) is 13.8. The van der Waals surface area contributed by atoms with Gasteiger partial charge in [0.05, 0.1) is 7.11 Å². The molecule has 0 fully saturated rings. The summed E-state index contributed by atoms with van der Waals surface area (Å²) >= 11 is 1.55. The molecule has 29 heavy (non-hydrogen) atoms. The molecule has 0 amide bonds. The van der Waals surface area contributed by atoms with Crippen molar-refractivity contribution in [1.82, 2.24) is 9.97 Å². The Morgan fingerprint density at radius 2 is 1.97 bits per heavy atom. The van der Waals surface area contributed by atoms with Gasteiger partial charge in [-0.3, -0.25) is 4.79 Å². The van der Waals surface area contributed by atoms with Crippen LogP contribution in [-0.4, -0.2) is 28.6 Å². The van der Waals surface area contributed by atoms with E-state index < -0.39 is 0 Å². The summed E-state index contributed by atoms with van der Waals surface area (Å²) in [6.07, 6.45) is 1.31. The number of rotatable bonds is 4. The standard InChI is InChI=1S/C22H26N4O2S/c1-5-29-21-25-19(23)18-16(12-6-8-13(28-4)9-7-12)17-14(24-20(18)26-21)10-22(2,3)11-15(17)27/h6-9,16H,5,10-11H2,1-4H3,(H3,23,24,25,26)/t16-/m1/s1. The SMILES string of the molecule is CCSc1nc(N)c2c(n1)NC1=C(C(=O)CC(C)(C)C1)[C@H]2c1ccc(OC)cc1. The largest absolute Gasteiger partial charge is 0.497 e. The zero-order valence-corrected chi connectivity index (χ0v) is 18.0. The van der Waals surface area contributed by atoms with Gasteiger partial charge in [-0.1, -0.05) is 44.7 Å². The lowest BCUT2D eigenvalue weighted by atomic mass is 9.69. The Balaban J connectivity index is 1.91. The fourth-order valence-electron chi connectivity index (χ4n) is 4.24. The topological polar surface area (TPSA) is 90.1 Å². The van der Waals surface area contributed by atoms with Gasteiger partial charge in [-0.05, 0) is 35.3 Å². The lowest BCUT2D eigenvalue weighted by Crippen LogP contribution is -2.34. The van der Waals surface area contributed by atoms with Crippen LogP contribution >= 0.6 is 11.8 Å². The molecule has 2 aromatic rings. The monoisotopic (exact) mass is 410 g/mol. The van der Waals surface area contributed by atoms with Gasteiger partial charge in [0.15, 0.2) is 10.9 Å². The van der Waals surface area contributed by atoms with E-state index in [2.05, 4.69) is 31.1 Å². The van der Waals surface area contributed by atoms with E-state index in [4.69, 9.17) is 15.5 Å². The number of nitrogens with two attached hydrogens (primary N) is 1. The highest BCUT2D eigenvalue weighted by molar-refractivity contribution is 7.99. The minimum atomic E-state index is -0.281. The summed E-state index contributed by atoms with van der Waals surface area (Å²) in [6.45, 7) is 6.31. The highest BCUT2D eigenvalue weighted by atomic mass is 32.2. The van der Waals surface area contributed by atoms with Crippen molar-refractivity contribution in [1.29, 1.82) is 0 Å². The minimum absolute atomic E-state index is 0.0928. The molecule has 1 aromatic carbocycles. The van der Waals surface area contributed by atoms with Crippen LogP contribution in [0.25, 0.3) is 0 Å². The predicted octanol–water partition coefficient (Wildman–Crippen LogP) is 4.38. The van der Waals surface area contributed by atoms with Gasteiger partial charge in [0.1, 0.15) is 17.4 Å². The first-order valence-electron chi connectivity index (χ1n) is 9.80. The summed E-state index contributed by atoms with van der Waals surface area (Å²) in [6, 6.07) is 7.80. The molecule has 0 spiro atoms. The van der Waals surface area contributed by atoms with Crippen LogP contribution in [0, 0.1) is 5.41 Å². The number of carbonyl (C=O) groups excluding carboxylic acids is 1. The molecule has 1 aromatic heterocycles. The number of nitrogens with one attached hydrogen (secondary N) is 1. The third kappa shape index (κ3) is 3.59. The summed E-state index contributed by atoms with van der Waals surface area (Å²) in [7, 11) is 1.64. The summed E-state index contributed by atoms with van der Waals surface area (Å²) in [5.41, 5.74) is 9.82. The van der Waals surface area contributed by atoms with E-state index in [0.717, 1.165) is 40.3 Å². The van der Waals surface area contributed by atoms with Gasteiger partial charge < -0.3 is 15.8 Å².